The van der Waals surface area contributed by atoms with Crippen LogP contribution in [0.15, 0.2) is 14.7 Å². The molecule has 0 aromatic carbocycles. The largest absolute Gasteiger partial charge is 0.444 e. The SMILES string of the molecule is CC#CCn1c(N2CCN(C(=O)OC(C)(C)C)CC2)nc2c1c(=O)n(CCN=[N+]=[N-])c(=O)n2C. The molecule has 182 valence electrons. The van der Waals surface area contributed by atoms with E-state index in [4.69, 9.17) is 10.3 Å². The average molecular weight is 472 g/mol. The minimum atomic E-state index is -0.579. The van der Waals surface area contributed by atoms with Gasteiger partial charge in [-0.3, -0.25) is 18.5 Å². The van der Waals surface area contributed by atoms with E-state index in [1.54, 1.807) is 23.4 Å². The highest BCUT2D eigenvalue weighted by Crippen LogP contribution is 2.21. The summed E-state index contributed by atoms with van der Waals surface area (Å²) < 4.78 is 9.50. The lowest BCUT2D eigenvalue weighted by Gasteiger charge is -2.36. The van der Waals surface area contributed by atoms with Crippen LogP contribution in [0.4, 0.5) is 10.7 Å². The van der Waals surface area contributed by atoms with Crippen LogP contribution in [-0.4, -0.2) is 68.0 Å². The maximum atomic E-state index is 13.3. The van der Waals surface area contributed by atoms with Crippen LogP contribution in [0.3, 0.4) is 0 Å². The average Bonchev–Trinajstić information content (AvgIpc) is 3.17. The molecule has 1 aliphatic heterocycles. The van der Waals surface area contributed by atoms with Gasteiger partial charge in [-0.05, 0) is 33.2 Å². The summed E-state index contributed by atoms with van der Waals surface area (Å²) in [4.78, 5) is 49.4. The normalized spacial score (nSPS) is 13.9. The smallest absolute Gasteiger partial charge is 0.410 e. The van der Waals surface area contributed by atoms with Crippen molar-refractivity contribution in [1.29, 1.82) is 0 Å². The first-order valence-electron chi connectivity index (χ1n) is 10.9. The Hall–Kier alpha value is -3.91. The molecule has 1 fully saturated rings. The van der Waals surface area contributed by atoms with Gasteiger partial charge in [-0.1, -0.05) is 11.0 Å². The number of rotatable bonds is 5. The molecule has 3 heterocycles. The van der Waals surface area contributed by atoms with Crippen LogP contribution in [0.5, 0.6) is 0 Å². The summed E-state index contributed by atoms with van der Waals surface area (Å²) in [6.45, 7) is 9.10. The van der Waals surface area contributed by atoms with Crippen molar-refractivity contribution in [1.82, 2.24) is 23.6 Å². The standard InChI is InChI=1S/C21H29N9O4/c1-6-7-9-29-15-16(26(5)19(32)30(17(15)31)10-8-23-25-22)24-18(29)27-11-13-28(14-12-27)20(33)34-21(2,3)4/h8-14H2,1-5H3. The lowest BCUT2D eigenvalue weighted by Crippen LogP contribution is -2.50. The van der Waals surface area contributed by atoms with Crippen molar-refractivity contribution in [3.05, 3.63) is 31.3 Å². The number of piperazine rings is 1. The first kappa shape index (κ1) is 24.7. The highest BCUT2D eigenvalue weighted by molar-refractivity contribution is 5.75. The molecule has 0 atom stereocenters. The molecule has 0 N–H and O–H groups in total. The van der Waals surface area contributed by atoms with Gasteiger partial charge in [0.15, 0.2) is 11.2 Å². The van der Waals surface area contributed by atoms with Crippen molar-refractivity contribution in [2.75, 3.05) is 37.6 Å². The van der Waals surface area contributed by atoms with Gasteiger partial charge in [0, 0.05) is 51.2 Å². The highest BCUT2D eigenvalue weighted by atomic mass is 16.6. The monoisotopic (exact) mass is 471 g/mol. The van der Waals surface area contributed by atoms with Crippen molar-refractivity contribution in [2.45, 2.75) is 46.4 Å². The van der Waals surface area contributed by atoms with E-state index in [-0.39, 0.29) is 36.9 Å². The van der Waals surface area contributed by atoms with E-state index in [0.29, 0.717) is 32.1 Å². The van der Waals surface area contributed by atoms with E-state index in [1.807, 2.05) is 25.7 Å². The molecule has 34 heavy (non-hydrogen) atoms. The molecule has 0 aliphatic carbocycles. The number of imidazole rings is 1. The number of carbonyl (C=O) groups is 1. The number of aryl methyl sites for hydroxylation is 1. The second-order valence-electron chi connectivity index (χ2n) is 8.80. The van der Waals surface area contributed by atoms with Gasteiger partial charge in [0.1, 0.15) is 5.60 Å². The van der Waals surface area contributed by atoms with Crippen LogP contribution in [-0.2, 0) is 24.9 Å². The Labute approximate surface area is 196 Å². The third-order valence-corrected chi connectivity index (χ3v) is 5.33. The van der Waals surface area contributed by atoms with Gasteiger partial charge in [0.25, 0.3) is 5.56 Å². The number of aromatic nitrogens is 4. The molecule has 1 saturated heterocycles. The van der Waals surface area contributed by atoms with E-state index in [2.05, 4.69) is 26.9 Å². The first-order valence-corrected chi connectivity index (χ1v) is 10.9. The summed E-state index contributed by atoms with van der Waals surface area (Å²) >= 11 is 0. The molecule has 1 amide bonds. The maximum Gasteiger partial charge on any atom is 0.410 e. The zero-order valence-electron chi connectivity index (χ0n) is 20.1. The number of ether oxygens (including phenoxy) is 1. The molecule has 2 aromatic rings. The fourth-order valence-electron chi connectivity index (χ4n) is 3.71. The van der Waals surface area contributed by atoms with Crippen molar-refractivity contribution in [3.8, 4) is 11.8 Å². The molecule has 0 spiro atoms. The summed E-state index contributed by atoms with van der Waals surface area (Å²) in [5.74, 6) is 6.30. The van der Waals surface area contributed by atoms with Gasteiger partial charge in [0.2, 0.25) is 5.95 Å². The Morgan fingerprint density at radius 3 is 2.47 bits per heavy atom. The van der Waals surface area contributed by atoms with Crippen LogP contribution in [0, 0.1) is 11.8 Å². The summed E-state index contributed by atoms with van der Waals surface area (Å²) in [7, 11) is 1.54. The zero-order valence-corrected chi connectivity index (χ0v) is 20.1. The van der Waals surface area contributed by atoms with Gasteiger partial charge >= 0.3 is 11.8 Å². The van der Waals surface area contributed by atoms with Gasteiger partial charge in [0.05, 0.1) is 6.54 Å². The number of anilines is 1. The van der Waals surface area contributed by atoms with E-state index >= 15 is 0 Å². The Bertz CT molecular complexity index is 1300. The van der Waals surface area contributed by atoms with Crippen LogP contribution in [0.2, 0.25) is 0 Å². The fourth-order valence-corrected chi connectivity index (χ4v) is 3.71. The molecule has 3 rings (SSSR count). The lowest BCUT2D eigenvalue weighted by molar-refractivity contribution is 0.0240. The maximum absolute atomic E-state index is 13.3. The Morgan fingerprint density at radius 2 is 1.88 bits per heavy atom. The summed E-state index contributed by atoms with van der Waals surface area (Å²) in [5, 5.41) is 3.43. The highest BCUT2D eigenvalue weighted by Gasteiger charge is 2.29. The second kappa shape index (κ2) is 9.93. The van der Waals surface area contributed by atoms with Gasteiger partial charge in [-0.2, -0.15) is 4.98 Å². The molecule has 0 radical (unpaired) electrons. The number of fused-ring (bicyclic) bond motifs is 1. The first-order chi connectivity index (χ1) is 16.1. The third kappa shape index (κ3) is 5.02. The van der Waals surface area contributed by atoms with E-state index < -0.39 is 16.9 Å². The molecule has 0 bridgehead atoms. The molecule has 0 saturated carbocycles. The van der Waals surface area contributed by atoms with Gasteiger partial charge < -0.3 is 14.5 Å². The molecule has 13 heteroatoms. The number of hydrogen-bond acceptors (Lipinski definition) is 7. The van der Waals surface area contributed by atoms with E-state index in [1.165, 1.54) is 4.57 Å². The van der Waals surface area contributed by atoms with Crippen molar-refractivity contribution in [3.63, 3.8) is 0 Å². The quantitative estimate of drug-likeness (QED) is 0.278. The van der Waals surface area contributed by atoms with Crippen LogP contribution < -0.4 is 16.1 Å². The van der Waals surface area contributed by atoms with Crippen LogP contribution in [0.1, 0.15) is 27.7 Å². The number of hydrogen-bond donors (Lipinski definition) is 0. The fraction of sp³-hybridized carbons (Fsp3) is 0.619. The molecular formula is C21H29N9O4. The van der Waals surface area contributed by atoms with Crippen LogP contribution >= 0.6 is 0 Å². The second-order valence-corrected chi connectivity index (χ2v) is 8.80. The Morgan fingerprint density at radius 1 is 1.21 bits per heavy atom. The molecule has 13 nitrogen and oxygen atoms in total. The lowest BCUT2D eigenvalue weighted by atomic mass is 10.2. The van der Waals surface area contributed by atoms with E-state index in [0.717, 1.165) is 4.57 Å². The predicted octanol–water partition coefficient (Wildman–Crippen LogP) is 1.29. The number of nitrogens with zero attached hydrogens (tertiary/aromatic N) is 9. The number of amides is 1. The topological polar surface area (TPSA) is 143 Å². The number of azide groups is 1. The van der Waals surface area contributed by atoms with E-state index in [9.17, 15) is 14.4 Å². The minimum Gasteiger partial charge on any atom is -0.444 e. The predicted molar refractivity (Wildman–Crippen MR) is 127 cm³/mol. The van der Waals surface area contributed by atoms with Crippen molar-refractivity contribution >= 4 is 23.2 Å². The van der Waals surface area contributed by atoms with Crippen LogP contribution in [0.25, 0.3) is 21.6 Å². The number of carbonyl (C=O) groups excluding carboxylic acids is 1. The zero-order chi connectivity index (χ0) is 25.0. The summed E-state index contributed by atoms with van der Waals surface area (Å²) in [6.07, 6.45) is -0.372. The third-order valence-electron chi connectivity index (χ3n) is 5.33. The van der Waals surface area contributed by atoms with Crippen molar-refractivity contribution < 1.29 is 9.53 Å². The van der Waals surface area contributed by atoms with Gasteiger partial charge in [-0.15, -0.1) is 5.92 Å². The summed E-state index contributed by atoms with van der Waals surface area (Å²) in [6, 6.07) is 0. The van der Waals surface area contributed by atoms with Crippen molar-refractivity contribution in [2.24, 2.45) is 12.2 Å². The minimum absolute atomic E-state index is 0.0282. The Kier molecular flexibility index (Phi) is 7.22. The summed E-state index contributed by atoms with van der Waals surface area (Å²) in [5.41, 5.74) is 7.38. The Balaban J connectivity index is 2.00. The van der Waals surface area contributed by atoms with Gasteiger partial charge in [-0.25, -0.2) is 9.59 Å². The molecule has 2 aromatic heterocycles. The molecule has 1 aliphatic rings. The molecule has 0 unspecified atom stereocenters. The molecular weight excluding hydrogens is 442 g/mol.